The maximum atomic E-state index is 11.0. The van der Waals surface area contributed by atoms with Crippen molar-refractivity contribution in [2.75, 3.05) is 51.9 Å². The predicted molar refractivity (Wildman–Crippen MR) is 156 cm³/mol. The molecule has 0 aliphatic carbocycles. The molecule has 3 aromatic heterocycles. The number of hydrogen-bond acceptors (Lipinski definition) is 8. The SMILES string of the molecule is CC[C@H](COc1cncc(-c2cc3c(cnc4ccc(N5CCOCC5)cc43)c(N=CN(C)C)n2)c1)NC(=O)O. The second-order valence-corrected chi connectivity index (χ2v) is 9.83. The topological polar surface area (TPSA) is 125 Å². The number of nitrogens with zero attached hydrogens (tertiary/aromatic N) is 6. The maximum absolute atomic E-state index is 11.0. The van der Waals surface area contributed by atoms with Gasteiger partial charge in [-0.15, -0.1) is 0 Å². The highest BCUT2D eigenvalue weighted by atomic mass is 16.5. The number of rotatable bonds is 9. The van der Waals surface area contributed by atoms with E-state index in [1.807, 2.05) is 50.3 Å². The molecule has 1 saturated heterocycles. The monoisotopic (exact) mass is 543 g/mol. The Bertz CT molecular complexity index is 1540. The average Bonchev–Trinajstić information content (AvgIpc) is 2.97. The van der Waals surface area contributed by atoms with Gasteiger partial charge in [-0.2, -0.15) is 0 Å². The van der Waals surface area contributed by atoms with Gasteiger partial charge in [-0.05, 0) is 42.1 Å². The number of ether oxygens (including phenoxy) is 2. The molecule has 0 radical (unpaired) electrons. The Labute approximate surface area is 232 Å². The summed E-state index contributed by atoms with van der Waals surface area (Å²) in [6, 6.07) is 9.90. The number of hydrogen-bond donors (Lipinski definition) is 2. The van der Waals surface area contributed by atoms with Crippen LogP contribution in [0.5, 0.6) is 5.75 Å². The Morgan fingerprint density at radius 2 is 2.00 bits per heavy atom. The molecule has 1 fully saturated rings. The number of fused-ring (bicyclic) bond motifs is 3. The summed E-state index contributed by atoms with van der Waals surface area (Å²) in [4.78, 5) is 33.9. The van der Waals surface area contributed by atoms with E-state index < -0.39 is 6.09 Å². The van der Waals surface area contributed by atoms with Crippen LogP contribution >= 0.6 is 0 Å². The summed E-state index contributed by atoms with van der Waals surface area (Å²) in [6.45, 7) is 5.19. The molecule has 0 saturated carbocycles. The van der Waals surface area contributed by atoms with E-state index in [-0.39, 0.29) is 12.6 Å². The first kappa shape index (κ1) is 27.1. The van der Waals surface area contributed by atoms with Crippen LogP contribution in [0, 0.1) is 0 Å². The molecule has 0 unspecified atom stereocenters. The molecule has 11 heteroatoms. The molecule has 4 aromatic rings. The van der Waals surface area contributed by atoms with Crippen LogP contribution in [0.2, 0.25) is 0 Å². The van der Waals surface area contributed by atoms with E-state index in [4.69, 9.17) is 24.5 Å². The zero-order valence-electron chi connectivity index (χ0n) is 22.9. The molecular weight excluding hydrogens is 510 g/mol. The van der Waals surface area contributed by atoms with Crippen molar-refractivity contribution in [2.24, 2.45) is 4.99 Å². The minimum atomic E-state index is -1.08. The largest absolute Gasteiger partial charge is 0.490 e. The van der Waals surface area contributed by atoms with Crippen molar-refractivity contribution in [1.82, 2.24) is 25.2 Å². The van der Waals surface area contributed by atoms with Crippen LogP contribution in [-0.2, 0) is 4.74 Å². The zero-order chi connectivity index (χ0) is 28.1. The van der Waals surface area contributed by atoms with Crippen molar-refractivity contribution in [1.29, 1.82) is 0 Å². The Balaban J connectivity index is 1.58. The van der Waals surface area contributed by atoms with Crippen LogP contribution in [0.3, 0.4) is 0 Å². The number of aromatic nitrogens is 3. The number of nitrogens with one attached hydrogen (secondary N) is 1. The molecule has 208 valence electrons. The van der Waals surface area contributed by atoms with Crippen molar-refractivity contribution >= 4 is 45.6 Å². The number of carboxylic acid groups (broad SMARTS) is 1. The fourth-order valence-electron chi connectivity index (χ4n) is 4.58. The van der Waals surface area contributed by atoms with Gasteiger partial charge < -0.3 is 29.7 Å². The highest BCUT2D eigenvalue weighted by Crippen LogP contribution is 2.35. The number of anilines is 1. The number of pyridine rings is 3. The maximum Gasteiger partial charge on any atom is 0.404 e. The van der Waals surface area contributed by atoms with E-state index >= 15 is 0 Å². The molecular formula is C29H33N7O4. The van der Waals surface area contributed by atoms with Gasteiger partial charge in [0.05, 0.1) is 43.0 Å². The molecule has 40 heavy (non-hydrogen) atoms. The summed E-state index contributed by atoms with van der Waals surface area (Å²) in [6.07, 6.45) is 6.41. The first-order chi connectivity index (χ1) is 19.4. The van der Waals surface area contributed by atoms with Crippen molar-refractivity contribution in [3.63, 3.8) is 0 Å². The van der Waals surface area contributed by atoms with E-state index in [0.717, 1.165) is 46.0 Å². The van der Waals surface area contributed by atoms with Crippen LogP contribution in [0.4, 0.5) is 16.3 Å². The lowest BCUT2D eigenvalue weighted by molar-refractivity contribution is 0.122. The number of carbonyl (C=O) groups is 1. The molecule has 1 amide bonds. The van der Waals surface area contributed by atoms with Crippen molar-refractivity contribution < 1.29 is 19.4 Å². The third-order valence-electron chi connectivity index (χ3n) is 6.71. The van der Waals surface area contributed by atoms with Gasteiger partial charge >= 0.3 is 6.09 Å². The molecule has 1 aromatic carbocycles. The molecule has 2 N–H and O–H groups in total. The van der Waals surface area contributed by atoms with Gasteiger partial charge in [0.2, 0.25) is 0 Å². The van der Waals surface area contributed by atoms with Crippen LogP contribution in [0.25, 0.3) is 32.9 Å². The van der Waals surface area contributed by atoms with Crippen molar-refractivity contribution in [2.45, 2.75) is 19.4 Å². The average molecular weight is 544 g/mol. The van der Waals surface area contributed by atoms with Crippen LogP contribution in [0.1, 0.15) is 13.3 Å². The molecule has 11 nitrogen and oxygen atoms in total. The second kappa shape index (κ2) is 12.1. The number of morpholine rings is 1. The molecule has 4 heterocycles. The second-order valence-electron chi connectivity index (χ2n) is 9.83. The van der Waals surface area contributed by atoms with Gasteiger partial charge in [0.25, 0.3) is 0 Å². The summed E-state index contributed by atoms with van der Waals surface area (Å²) >= 11 is 0. The van der Waals surface area contributed by atoms with Crippen molar-refractivity contribution in [3.05, 3.63) is 48.9 Å². The lowest BCUT2D eigenvalue weighted by atomic mass is 10.0. The lowest BCUT2D eigenvalue weighted by Crippen LogP contribution is -2.37. The van der Waals surface area contributed by atoms with Gasteiger partial charge in [0.15, 0.2) is 5.82 Å². The smallest absolute Gasteiger partial charge is 0.404 e. The van der Waals surface area contributed by atoms with E-state index in [1.165, 1.54) is 0 Å². The lowest BCUT2D eigenvalue weighted by Gasteiger charge is -2.29. The number of benzene rings is 1. The Kier molecular flexibility index (Phi) is 8.20. The van der Waals surface area contributed by atoms with Crippen LogP contribution < -0.4 is 15.0 Å². The van der Waals surface area contributed by atoms with E-state index in [9.17, 15) is 4.79 Å². The summed E-state index contributed by atoms with van der Waals surface area (Å²) in [7, 11) is 3.82. The highest BCUT2D eigenvalue weighted by molar-refractivity contribution is 6.10. The summed E-state index contributed by atoms with van der Waals surface area (Å²) < 4.78 is 11.4. The minimum absolute atomic E-state index is 0.193. The predicted octanol–water partition coefficient (Wildman–Crippen LogP) is 4.33. The minimum Gasteiger partial charge on any atom is -0.490 e. The van der Waals surface area contributed by atoms with E-state index in [0.29, 0.717) is 36.9 Å². The normalized spacial score (nSPS) is 14.5. The number of aliphatic imine (C=N–C) groups is 1. The third kappa shape index (κ3) is 6.20. The van der Waals surface area contributed by atoms with E-state index in [2.05, 4.69) is 32.3 Å². The molecule has 0 bridgehead atoms. The van der Waals surface area contributed by atoms with Crippen LogP contribution in [0.15, 0.2) is 53.9 Å². The molecule has 0 spiro atoms. The first-order valence-electron chi connectivity index (χ1n) is 13.3. The standard InChI is InChI=1S/C29H33N7O4/c1-4-20(33-29(37)38)17-40-22-11-19(14-30-15-22)27-13-23-24-12-21(36-7-9-39-10-8-36)5-6-26(24)31-16-25(23)28(34-27)32-18-35(2)3/h5-6,11-16,18,20,33H,4,7-10,17H2,1-3H3,(H,37,38)/t20-/m1/s1. The van der Waals surface area contributed by atoms with Crippen molar-refractivity contribution in [3.8, 4) is 17.0 Å². The van der Waals surface area contributed by atoms with Gasteiger partial charge in [0, 0.05) is 61.6 Å². The summed E-state index contributed by atoms with van der Waals surface area (Å²) in [5.41, 5.74) is 3.46. The Hall–Kier alpha value is -4.51. The Morgan fingerprint density at radius 1 is 1.18 bits per heavy atom. The fourth-order valence-corrected chi connectivity index (χ4v) is 4.58. The quantitative estimate of drug-likeness (QED) is 0.180. The molecule has 1 aliphatic heterocycles. The van der Waals surface area contributed by atoms with Gasteiger partial charge in [-0.3, -0.25) is 9.97 Å². The van der Waals surface area contributed by atoms with E-state index in [1.54, 1.807) is 18.7 Å². The summed E-state index contributed by atoms with van der Waals surface area (Å²) in [5.74, 6) is 1.08. The molecule has 1 atom stereocenters. The van der Waals surface area contributed by atoms with Gasteiger partial charge in [-0.1, -0.05) is 6.92 Å². The van der Waals surface area contributed by atoms with Gasteiger partial charge in [-0.25, -0.2) is 14.8 Å². The molecule has 1 aliphatic rings. The molecule has 5 rings (SSSR count). The Morgan fingerprint density at radius 3 is 2.75 bits per heavy atom. The summed E-state index contributed by atoms with van der Waals surface area (Å²) in [5, 5.41) is 14.4. The first-order valence-corrected chi connectivity index (χ1v) is 13.3. The highest BCUT2D eigenvalue weighted by Gasteiger charge is 2.16. The van der Waals surface area contributed by atoms with Crippen LogP contribution in [-0.4, -0.2) is 90.4 Å². The third-order valence-corrected chi connectivity index (χ3v) is 6.71. The van der Waals surface area contributed by atoms with Gasteiger partial charge in [0.1, 0.15) is 12.4 Å². The number of amides is 1. The zero-order valence-corrected chi connectivity index (χ0v) is 22.9. The fraction of sp³-hybridized carbons (Fsp3) is 0.345.